The first-order valence-corrected chi connectivity index (χ1v) is 4.44. The Kier molecular flexibility index (Phi) is 21.2. The third kappa shape index (κ3) is 17.6. The van der Waals surface area contributed by atoms with Crippen molar-refractivity contribution in [3.8, 4) is 0 Å². The van der Waals surface area contributed by atoms with E-state index in [4.69, 9.17) is 13.3 Å². The summed E-state index contributed by atoms with van der Waals surface area (Å²) in [6, 6.07) is 5.88. The van der Waals surface area contributed by atoms with Crippen molar-refractivity contribution in [2.24, 2.45) is 0 Å². The summed E-state index contributed by atoms with van der Waals surface area (Å²) in [7, 11) is 0. The summed E-state index contributed by atoms with van der Waals surface area (Å²) in [5, 5.41) is 0. The van der Waals surface area contributed by atoms with Crippen LogP contribution in [0, 0.1) is 0 Å². The summed E-state index contributed by atoms with van der Waals surface area (Å²) < 4.78 is 25.3. The van der Waals surface area contributed by atoms with Crippen molar-refractivity contribution in [3.05, 3.63) is 42.7 Å². The molecule has 15 heavy (non-hydrogen) atoms. The molecule has 1 rings (SSSR count). The average Bonchev–Trinajstić information content (AvgIpc) is 2.06. The zero-order valence-electron chi connectivity index (χ0n) is 8.88. The molecule has 0 N–H and O–H groups in total. The van der Waals surface area contributed by atoms with Crippen LogP contribution in [-0.2, 0) is 17.8 Å². The molecule has 0 amide bonds. The fourth-order valence-corrected chi connectivity index (χ4v) is 0.667. The van der Waals surface area contributed by atoms with Crippen LogP contribution in [-0.4, -0.2) is 18.3 Å². The Morgan fingerprint density at radius 3 is 2.27 bits per heavy atom. The predicted octanol–water partition coefficient (Wildman–Crippen LogP) is -5.19. The van der Waals surface area contributed by atoms with E-state index < -0.39 is 11.4 Å². The summed E-state index contributed by atoms with van der Waals surface area (Å²) in [5.74, 6) is 0. The molecule has 0 aromatic carbocycles. The molecule has 0 bridgehead atoms. The van der Waals surface area contributed by atoms with Crippen LogP contribution >= 0.6 is 0 Å². The van der Waals surface area contributed by atoms with Gasteiger partial charge in [0.05, 0.1) is 0 Å². The molecule has 0 fully saturated rings. The molecule has 1 aromatic heterocycles. The molecule has 4 nitrogen and oxygen atoms in total. The SMILES string of the molecule is C=CCc1ccccn1.O=S([O-])[O-].[Na+].[Na+]. The number of pyridine rings is 1. The number of nitrogens with zero attached hydrogens (tertiary/aromatic N) is 1. The molecule has 0 saturated heterocycles. The van der Waals surface area contributed by atoms with E-state index in [0.29, 0.717) is 0 Å². The van der Waals surface area contributed by atoms with Crippen molar-refractivity contribution >= 4 is 11.4 Å². The molecule has 0 aliphatic rings. The molecule has 1 aromatic rings. The van der Waals surface area contributed by atoms with E-state index in [9.17, 15) is 0 Å². The Morgan fingerprint density at radius 2 is 1.93 bits per heavy atom. The Bertz CT molecular complexity index is 268. The Balaban J connectivity index is -0.000000213. The van der Waals surface area contributed by atoms with Gasteiger partial charge >= 0.3 is 59.1 Å². The Labute approximate surface area is 136 Å². The maximum absolute atomic E-state index is 8.44. The van der Waals surface area contributed by atoms with Crippen LogP contribution in [0.4, 0.5) is 0 Å². The Morgan fingerprint density at radius 1 is 1.40 bits per heavy atom. The normalized spacial score (nSPS) is 7.67. The molecule has 72 valence electrons. The maximum atomic E-state index is 8.44. The molecule has 0 spiro atoms. The number of aromatic nitrogens is 1. The van der Waals surface area contributed by atoms with Crippen LogP contribution in [0.1, 0.15) is 5.69 Å². The van der Waals surface area contributed by atoms with Crippen molar-refractivity contribution in [3.63, 3.8) is 0 Å². The second-order valence-electron chi connectivity index (χ2n) is 2.02. The van der Waals surface area contributed by atoms with E-state index in [2.05, 4.69) is 11.6 Å². The van der Waals surface area contributed by atoms with Gasteiger partial charge < -0.3 is 9.11 Å². The van der Waals surface area contributed by atoms with Gasteiger partial charge in [0, 0.05) is 18.3 Å². The van der Waals surface area contributed by atoms with Crippen molar-refractivity contribution in [2.45, 2.75) is 6.42 Å². The van der Waals surface area contributed by atoms with E-state index >= 15 is 0 Å². The van der Waals surface area contributed by atoms with Crippen LogP contribution in [0.2, 0.25) is 0 Å². The van der Waals surface area contributed by atoms with E-state index in [-0.39, 0.29) is 59.1 Å². The molecule has 7 heteroatoms. The first-order chi connectivity index (χ1) is 6.16. The van der Waals surface area contributed by atoms with Gasteiger partial charge in [0.1, 0.15) is 0 Å². The van der Waals surface area contributed by atoms with Gasteiger partial charge in [-0.1, -0.05) is 12.1 Å². The van der Waals surface area contributed by atoms with Crippen molar-refractivity contribution in [2.75, 3.05) is 0 Å². The molecule has 1 heterocycles. The molecule has 0 unspecified atom stereocenters. The van der Waals surface area contributed by atoms with Gasteiger partial charge in [0.15, 0.2) is 0 Å². The third-order valence-electron chi connectivity index (χ3n) is 1.08. The fourth-order valence-electron chi connectivity index (χ4n) is 0.667. The number of rotatable bonds is 2. The summed E-state index contributed by atoms with van der Waals surface area (Å²) in [5.41, 5.74) is 1.08. The zero-order valence-corrected chi connectivity index (χ0v) is 13.7. The van der Waals surface area contributed by atoms with E-state index in [0.717, 1.165) is 12.1 Å². The number of hydrogen-bond acceptors (Lipinski definition) is 4. The minimum atomic E-state index is -3.11. The van der Waals surface area contributed by atoms with E-state index in [1.807, 2.05) is 24.3 Å². The van der Waals surface area contributed by atoms with Gasteiger partial charge in [-0.3, -0.25) is 9.19 Å². The second kappa shape index (κ2) is 15.0. The van der Waals surface area contributed by atoms with Crippen molar-refractivity contribution in [1.29, 1.82) is 0 Å². The van der Waals surface area contributed by atoms with E-state index in [1.165, 1.54) is 0 Å². The molecular weight excluding hydrogens is 236 g/mol. The standard InChI is InChI=1S/C8H9N.2Na.H2O3S/c1-2-5-8-6-3-4-7-9-8;;;1-4(2)3/h2-4,6-7H,1,5H2;;;(H2,1,2,3)/q;2*+1;/p-2. The van der Waals surface area contributed by atoms with Crippen LogP contribution in [0.25, 0.3) is 0 Å². The van der Waals surface area contributed by atoms with Crippen LogP contribution in [0.3, 0.4) is 0 Å². The first kappa shape index (κ1) is 21.3. The Hall–Kier alpha value is 0.960. The molecule has 0 radical (unpaired) electrons. The number of allylic oxidation sites excluding steroid dienone is 1. The second-order valence-corrected chi connectivity index (χ2v) is 2.43. The smallest absolute Gasteiger partial charge is 0.784 e. The number of hydrogen-bond donors (Lipinski definition) is 0. The zero-order chi connectivity index (χ0) is 10.1. The third-order valence-corrected chi connectivity index (χ3v) is 1.08. The van der Waals surface area contributed by atoms with Gasteiger partial charge in [-0.25, -0.2) is 0 Å². The minimum Gasteiger partial charge on any atom is -0.784 e. The molecule has 0 atom stereocenters. The monoisotopic (exact) mass is 245 g/mol. The first-order valence-electron chi connectivity index (χ1n) is 3.44. The van der Waals surface area contributed by atoms with Gasteiger partial charge in [-0.2, -0.15) is 0 Å². The quantitative estimate of drug-likeness (QED) is 0.296. The molecule has 0 aliphatic carbocycles. The maximum Gasteiger partial charge on any atom is 1.00 e. The van der Waals surface area contributed by atoms with E-state index in [1.54, 1.807) is 6.20 Å². The topological polar surface area (TPSA) is 76.1 Å². The molecule has 0 saturated carbocycles. The van der Waals surface area contributed by atoms with Crippen LogP contribution in [0.15, 0.2) is 37.1 Å². The largest absolute Gasteiger partial charge is 1.00 e. The van der Waals surface area contributed by atoms with Gasteiger partial charge in [-0.05, 0) is 12.1 Å². The van der Waals surface area contributed by atoms with Crippen LogP contribution in [0.5, 0.6) is 0 Å². The summed E-state index contributed by atoms with van der Waals surface area (Å²) in [4.78, 5) is 4.10. The average molecular weight is 245 g/mol. The van der Waals surface area contributed by atoms with Gasteiger partial charge in [-0.15, -0.1) is 17.9 Å². The summed E-state index contributed by atoms with van der Waals surface area (Å²) in [6.07, 6.45) is 4.50. The summed E-state index contributed by atoms with van der Waals surface area (Å²) >= 11 is -3.11. The molecule has 0 aliphatic heterocycles. The van der Waals surface area contributed by atoms with Crippen LogP contribution < -0.4 is 59.1 Å². The fraction of sp³-hybridized carbons (Fsp3) is 0.125. The van der Waals surface area contributed by atoms with Crippen molar-refractivity contribution < 1.29 is 72.4 Å². The predicted molar refractivity (Wildman–Crippen MR) is 47.8 cm³/mol. The molecular formula is C8H9NNa2O3S. The minimum absolute atomic E-state index is 0. The summed E-state index contributed by atoms with van der Waals surface area (Å²) in [6.45, 7) is 3.62. The van der Waals surface area contributed by atoms with Crippen molar-refractivity contribution in [1.82, 2.24) is 4.98 Å². The van der Waals surface area contributed by atoms with Gasteiger partial charge in [0.2, 0.25) is 0 Å². The van der Waals surface area contributed by atoms with Gasteiger partial charge in [0.25, 0.3) is 0 Å².